The molecule has 92 valence electrons. The van der Waals surface area contributed by atoms with Gasteiger partial charge in [-0.2, -0.15) is 8.42 Å². The molecular formula is C9H16N2O4S. The Morgan fingerprint density at radius 2 is 1.81 bits per heavy atom. The van der Waals surface area contributed by atoms with Gasteiger partial charge in [-0.25, -0.2) is 4.31 Å². The van der Waals surface area contributed by atoms with E-state index < -0.39 is 28.3 Å². The Kier molecular flexibility index (Phi) is 2.93. The molecule has 1 saturated heterocycles. The number of rotatable bonds is 2. The number of β-lactam (4-membered cyclic amide) rings is 1. The van der Waals surface area contributed by atoms with Crippen LogP contribution in [0.25, 0.3) is 0 Å². The third-order valence-corrected chi connectivity index (χ3v) is 4.44. The summed E-state index contributed by atoms with van der Waals surface area (Å²) in [5.41, 5.74) is 5.62. The molecular weight excluding hydrogens is 232 g/mol. The highest BCUT2D eigenvalue weighted by atomic mass is 32.2. The summed E-state index contributed by atoms with van der Waals surface area (Å²) in [6, 6.07) is -1.31. The summed E-state index contributed by atoms with van der Waals surface area (Å²) in [6.07, 6.45) is 4.94. The molecule has 0 aromatic carbocycles. The number of amides is 1. The Labute approximate surface area is 94.7 Å². The van der Waals surface area contributed by atoms with Gasteiger partial charge in [0.2, 0.25) is 0 Å². The molecule has 2 aliphatic rings. The second-order valence-electron chi connectivity index (χ2n) is 4.53. The number of carbonyl (C=O) groups excluding carboxylic acids is 1. The van der Waals surface area contributed by atoms with Crippen LogP contribution in [0.2, 0.25) is 0 Å². The number of hydrogen-bond acceptors (Lipinski definition) is 4. The maximum Gasteiger partial charge on any atom is 0.362 e. The van der Waals surface area contributed by atoms with E-state index in [1.807, 2.05) is 0 Å². The lowest BCUT2D eigenvalue weighted by Crippen LogP contribution is -2.72. The van der Waals surface area contributed by atoms with Crippen molar-refractivity contribution in [3.63, 3.8) is 0 Å². The SMILES string of the molecule is N[C@@H]1C(=O)N(S(=O)(=O)O)[C@H]1C1CCCCC1. The van der Waals surface area contributed by atoms with Crippen LogP contribution >= 0.6 is 0 Å². The van der Waals surface area contributed by atoms with Gasteiger partial charge in [-0.05, 0) is 18.8 Å². The molecule has 2 rings (SSSR count). The molecule has 1 aliphatic carbocycles. The van der Waals surface area contributed by atoms with Gasteiger partial charge in [-0.1, -0.05) is 19.3 Å². The Morgan fingerprint density at radius 1 is 1.25 bits per heavy atom. The fraction of sp³-hybridized carbons (Fsp3) is 0.889. The Morgan fingerprint density at radius 3 is 2.31 bits per heavy atom. The van der Waals surface area contributed by atoms with E-state index in [0.717, 1.165) is 32.1 Å². The van der Waals surface area contributed by atoms with Crippen molar-refractivity contribution in [1.29, 1.82) is 0 Å². The zero-order chi connectivity index (χ0) is 11.9. The molecule has 0 bridgehead atoms. The first-order chi connectivity index (χ1) is 7.43. The quantitative estimate of drug-likeness (QED) is 0.525. The third kappa shape index (κ3) is 1.83. The minimum Gasteiger partial charge on any atom is -0.318 e. The molecule has 1 saturated carbocycles. The topological polar surface area (TPSA) is 101 Å². The summed E-state index contributed by atoms with van der Waals surface area (Å²) in [7, 11) is -4.44. The molecule has 0 aromatic heterocycles. The summed E-state index contributed by atoms with van der Waals surface area (Å²) >= 11 is 0. The van der Waals surface area contributed by atoms with E-state index in [1.54, 1.807) is 0 Å². The molecule has 1 aliphatic heterocycles. The number of carbonyl (C=O) groups is 1. The van der Waals surface area contributed by atoms with Crippen molar-refractivity contribution < 1.29 is 17.8 Å². The molecule has 7 heteroatoms. The predicted octanol–water partition coefficient (Wildman–Crippen LogP) is -0.0924. The summed E-state index contributed by atoms with van der Waals surface area (Å²) in [4.78, 5) is 11.3. The van der Waals surface area contributed by atoms with Gasteiger partial charge in [0, 0.05) is 0 Å². The lowest BCUT2D eigenvalue weighted by molar-refractivity contribution is -0.143. The van der Waals surface area contributed by atoms with E-state index in [9.17, 15) is 13.2 Å². The monoisotopic (exact) mass is 248 g/mol. The molecule has 0 spiro atoms. The molecule has 1 amide bonds. The molecule has 6 nitrogen and oxygen atoms in total. The summed E-state index contributed by atoms with van der Waals surface area (Å²) in [5, 5.41) is 0. The van der Waals surface area contributed by atoms with Gasteiger partial charge in [0.25, 0.3) is 5.91 Å². The van der Waals surface area contributed by atoms with Crippen molar-refractivity contribution in [2.45, 2.75) is 44.2 Å². The van der Waals surface area contributed by atoms with Crippen LogP contribution in [0.3, 0.4) is 0 Å². The van der Waals surface area contributed by atoms with E-state index in [4.69, 9.17) is 10.3 Å². The minimum atomic E-state index is -4.44. The van der Waals surface area contributed by atoms with E-state index in [-0.39, 0.29) is 5.92 Å². The molecule has 2 atom stereocenters. The van der Waals surface area contributed by atoms with Gasteiger partial charge in [-0.15, -0.1) is 0 Å². The van der Waals surface area contributed by atoms with Gasteiger partial charge in [0.05, 0.1) is 6.04 Å². The second-order valence-corrected chi connectivity index (χ2v) is 5.82. The lowest BCUT2D eigenvalue weighted by atomic mass is 9.78. The van der Waals surface area contributed by atoms with Crippen molar-refractivity contribution in [3.05, 3.63) is 0 Å². The lowest BCUT2D eigenvalue weighted by Gasteiger charge is -2.47. The maximum atomic E-state index is 11.3. The fourth-order valence-corrected chi connectivity index (χ4v) is 3.69. The Balaban J connectivity index is 2.16. The highest BCUT2D eigenvalue weighted by molar-refractivity contribution is 7.84. The van der Waals surface area contributed by atoms with Gasteiger partial charge >= 0.3 is 10.3 Å². The first-order valence-electron chi connectivity index (χ1n) is 5.49. The number of hydrogen-bond donors (Lipinski definition) is 2. The van der Waals surface area contributed by atoms with Crippen molar-refractivity contribution in [2.75, 3.05) is 0 Å². The van der Waals surface area contributed by atoms with E-state index in [1.165, 1.54) is 0 Å². The Hall–Kier alpha value is -0.660. The van der Waals surface area contributed by atoms with Crippen LogP contribution in [0.1, 0.15) is 32.1 Å². The minimum absolute atomic E-state index is 0.100. The van der Waals surface area contributed by atoms with Crippen molar-refractivity contribution in [3.8, 4) is 0 Å². The molecule has 1 heterocycles. The van der Waals surface area contributed by atoms with Gasteiger partial charge < -0.3 is 5.73 Å². The zero-order valence-corrected chi connectivity index (χ0v) is 9.69. The van der Waals surface area contributed by atoms with Crippen LogP contribution in [0.15, 0.2) is 0 Å². The smallest absolute Gasteiger partial charge is 0.318 e. The average Bonchev–Trinajstić information content (AvgIpc) is 2.23. The van der Waals surface area contributed by atoms with E-state index >= 15 is 0 Å². The summed E-state index contributed by atoms with van der Waals surface area (Å²) in [6.45, 7) is 0. The van der Waals surface area contributed by atoms with E-state index in [2.05, 4.69) is 0 Å². The van der Waals surface area contributed by atoms with Crippen molar-refractivity contribution in [1.82, 2.24) is 4.31 Å². The van der Waals surface area contributed by atoms with Crippen LogP contribution in [0.4, 0.5) is 0 Å². The van der Waals surface area contributed by atoms with Crippen LogP contribution in [0, 0.1) is 5.92 Å². The van der Waals surface area contributed by atoms with Crippen LogP contribution in [0.5, 0.6) is 0 Å². The first-order valence-corrected chi connectivity index (χ1v) is 6.89. The van der Waals surface area contributed by atoms with Gasteiger partial charge in [-0.3, -0.25) is 9.35 Å². The largest absolute Gasteiger partial charge is 0.362 e. The zero-order valence-electron chi connectivity index (χ0n) is 8.87. The molecule has 0 unspecified atom stereocenters. The molecule has 0 aromatic rings. The van der Waals surface area contributed by atoms with Gasteiger partial charge in [0.15, 0.2) is 0 Å². The number of nitrogens with zero attached hydrogens (tertiary/aromatic N) is 1. The maximum absolute atomic E-state index is 11.3. The van der Waals surface area contributed by atoms with Crippen molar-refractivity contribution >= 4 is 16.2 Å². The van der Waals surface area contributed by atoms with Gasteiger partial charge in [0.1, 0.15) is 6.04 Å². The molecule has 2 fully saturated rings. The Bertz CT molecular complexity index is 388. The first kappa shape index (κ1) is 11.8. The molecule has 16 heavy (non-hydrogen) atoms. The average molecular weight is 248 g/mol. The van der Waals surface area contributed by atoms with Crippen LogP contribution < -0.4 is 5.73 Å². The molecule has 0 radical (unpaired) electrons. The van der Waals surface area contributed by atoms with Crippen LogP contribution in [-0.2, 0) is 15.1 Å². The third-order valence-electron chi connectivity index (χ3n) is 3.52. The van der Waals surface area contributed by atoms with E-state index in [0.29, 0.717) is 4.31 Å². The number of nitrogens with two attached hydrogens (primary N) is 1. The second kappa shape index (κ2) is 3.97. The standard InChI is InChI=1S/C9H16N2O4S/c10-7-8(6-4-2-1-3-5-6)11(9(7)12)16(13,14)15/h6-8H,1-5,10H2,(H,13,14,15)/t7-,8-/m0/s1. The normalized spacial score (nSPS) is 32.6. The van der Waals surface area contributed by atoms with Crippen LogP contribution in [-0.4, -0.2) is 35.3 Å². The highest BCUT2D eigenvalue weighted by Crippen LogP contribution is 2.36. The predicted molar refractivity (Wildman–Crippen MR) is 56.7 cm³/mol. The summed E-state index contributed by atoms with van der Waals surface area (Å²) in [5.74, 6) is -0.596. The summed E-state index contributed by atoms with van der Waals surface area (Å²) < 4.78 is 31.6. The van der Waals surface area contributed by atoms with Crippen molar-refractivity contribution in [2.24, 2.45) is 11.7 Å². The fourth-order valence-electron chi connectivity index (χ4n) is 2.73. The molecule has 3 N–H and O–H groups in total. The highest BCUT2D eigenvalue weighted by Gasteiger charge is 2.54.